The van der Waals surface area contributed by atoms with E-state index in [1.807, 2.05) is 48.2 Å². The summed E-state index contributed by atoms with van der Waals surface area (Å²) in [6.45, 7) is 3.04. The molecule has 2 aromatic carbocycles. The Balaban J connectivity index is 2.02. The van der Waals surface area contributed by atoms with Gasteiger partial charge < -0.3 is 4.57 Å². The van der Waals surface area contributed by atoms with Crippen molar-refractivity contribution in [1.29, 1.82) is 0 Å². The highest BCUT2D eigenvalue weighted by molar-refractivity contribution is 7.98. The highest BCUT2D eigenvalue weighted by atomic mass is 32.2. The van der Waals surface area contributed by atoms with E-state index in [1.54, 1.807) is 0 Å². The number of benzene rings is 2. The normalized spacial score (nSPS) is 11.1. The molecule has 3 rings (SSSR count). The fraction of sp³-hybridized carbons (Fsp3) is 0.286. The van der Waals surface area contributed by atoms with Crippen LogP contribution < -0.4 is 0 Å². The molecule has 0 unspecified atom stereocenters. The number of nitrogens with zero attached hydrogens (tertiary/aromatic N) is 1. The molecule has 0 N–H and O–H groups in total. The van der Waals surface area contributed by atoms with Crippen molar-refractivity contribution in [2.75, 3.05) is 12.0 Å². The predicted octanol–water partition coefficient (Wildman–Crippen LogP) is 5.32. The van der Waals surface area contributed by atoms with Gasteiger partial charge in [-0.3, -0.25) is 4.79 Å². The SMILES string of the molecule is CSCCCCn1c(C)c(C(=O)c2ccccc2)c2ccccc21. The van der Waals surface area contributed by atoms with Crippen LogP contribution in [-0.2, 0) is 6.54 Å². The molecule has 0 amide bonds. The van der Waals surface area contributed by atoms with E-state index in [1.165, 1.54) is 17.7 Å². The van der Waals surface area contributed by atoms with Crippen LogP contribution in [0.25, 0.3) is 10.9 Å². The van der Waals surface area contributed by atoms with Gasteiger partial charge in [0.25, 0.3) is 0 Å². The third-order valence-corrected chi connectivity index (χ3v) is 5.17. The molecule has 1 heterocycles. The third kappa shape index (κ3) is 3.27. The number of hydrogen-bond donors (Lipinski definition) is 0. The van der Waals surface area contributed by atoms with E-state index in [4.69, 9.17) is 0 Å². The zero-order valence-corrected chi connectivity index (χ0v) is 15.1. The van der Waals surface area contributed by atoms with E-state index >= 15 is 0 Å². The van der Waals surface area contributed by atoms with Crippen LogP contribution in [0.1, 0.15) is 34.5 Å². The number of thioether (sulfide) groups is 1. The van der Waals surface area contributed by atoms with E-state index in [2.05, 4.69) is 35.9 Å². The molecule has 0 aliphatic rings. The highest BCUT2D eigenvalue weighted by Crippen LogP contribution is 2.28. The van der Waals surface area contributed by atoms with Crippen molar-refractivity contribution in [3.05, 3.63) is 71.4 Å². The Morgan fingerprint density at radius 3 is 2.46 bits per heavy atom. The lowest BCUT2D eigenvalue weighted by molar-refractivity contribution is 0.103. The van der Waals surface area contributed by atoms with Crippen LogP contribution in [-0.4, -0.2) is 22.4 Å². The molecule has 24 heavy (non-hydrogen) atoms. The van der Waals surface area contributed by atoms with Crippen LogP contribution in [0.15, 0.2) is 54.6 Å². The van der Waals surface area contributed by atoms with Gasteiger partial charge >= 0.3 is 0 Å². The Morgan fingerprint density at radius 1 is 1.00 bits per heavy atom. The summed E-state index contributed by atoms with van der Waals surface area (Å²) >= 11 is 1.89. The standard InChI is InChI=1S/C21H23NOS/c1-16-20(21(23)17-10-4-3-5-11-17)18-12-6-7-13-19(18)22(16)14-8-9-15-24-2/h3-7,10-13H,8-9,14-15H2,1-2H3. The molecule has 0 aliphatic carbocycles. The minimum absolute atomic E-state index is 0.118. The van der Waals surface area contributed by atoms with E-state index < -0.39 is 0 Å². The fourth-order valence-electron chi connectivity index (χ4n) is 3.26. The summed E-state index contributed by atoms with van der Waals surface area (Å²) in [5.74, 6) is 1.31. The first-order valence-corrected chi connectivity index (χ1v) is 9.80. The molecule has 3 aromatic rings. The zero-order chi connectivity index (χ0) is 16.9. The molecular formula is C21H23NOS. The average molecular weight is 337 g/mol. The second-order valence-corrected chi connectivity index (χ2v) is 7.01. The molecular weight excluding hydrogens is 314 g/mol. The summed E-state index contributed by atoms with van der Waals surface area (Å²) in [7, 11) is 0. The summed E-state index contributed by atoms with van der Waals surface area (Å²) in [4.78, 5) is 13.1. The minimum atomic E-state index is 0.118. The van der Waals surface area contributed by atoms with Gasteiger partial charge in [-0.15, -0.1) is 0 Å². The topological polar surface area (TPSA) is 22.0 Å². The largest absolute Gasteiger partial charge is 0.344 e. The van der Waals surface area contributed by atoms with Crippen LogP contribution in [0.2, 0.25) is 0 Å². The van der Waals surface area contributed by atoms with Crippen LogP contribution >= 0.6 is 11.8 Å². The van der Waals surface area contributed by atoms with Crippen molar-refractivity contribution in [3.63, 3.8) is 0 Å². The molecule has 0 saturated heterocycles. The summed E-state index contributed by atoms with van der Waals surface area (Å²) in [5, 5.41) is 1.06. The maximum absolute atomic E-state index is 13.1. The number of unbranched alkanes of at least 4 members (excludes halogenated alkanes) is 1. The second kappa shape index (κ2) is 7.71. The lowest BCUT2D eigenvalue weighted by atomic mass is 10.0. The van der Waals surface area contributed by atoms with Gasteiger partial charge in [-0.2, -0.15) is 11.8 Å². The van der Waals surface area contributed by atoms with E-state index in [9.17, 15) is 4.79 Å². The van der Waals surface area contributed by atoms with Crippen molar-refractivity contribution >= 4 is 28.4 Å². The number of para-hydroxylation sites is 1. The number of ketones is 1. The third-order valence-electron chi connectivity index (χ3n) is 4.47. The quantitative estimate of drug-likeness (QED) is 0.430. The molecule has 0 spiro atoms. The first-order chi connectivity index (χ1) is 11.7. The Hall–Kier alpha value is -2.00. The summed E-state index contributed by atoms with van der Waals surface area (Å²) in [5.41, 5.74) is 3.85. The Morgan fingerprint density at radius 2 is 1.71 bits per heavy atom. The molecule has 0 aliphatic heterocycles. The number of aromatic nitrogens is 1. The van der Waals surface area contributed by atoms with Gasteiger partial charge in [0.15, 0.2) is 5.78 Å². The summed E-state index contributed by atoms with van der Waals surface area (Å²) in [6.07, 6.45) is 4.49. The van der Waals surface area contributed by atoms with Gasteiger partial charge in [-0.25, -0.2) is 0 Å². The maximum atomic E-state index is 13.1. The van der Waals surface area contributed by atoms with Crippen molar-refractivity contribution in [2.24, 2.45) is 0 Å². The molecule has 0 bridgehead atoms. The Labute approximate surface area is 147 Å². The fourth-order valence-corrected chi connectivity index (χ4v) is 3.75. The zero-order valence-electron chi connectivity index (χ0n) is 14.3. The minimum Gasteiger partial charge on any atom is -0.344 e. The molecule has 0 atom stereocenters. The second-order valence-electron chi connectivity index (χ2n) is 6.02. The number of rotatable bonds is 7. The Kier molecular flexibility index (Phi) is 5.41. The van der Waals surface area contributed by atoms with Crippen molar-refractivity contribution < 1.29 is 4.79 Å². The van der Waals surface area contributed by atoms with Crippen LogP contribution in [0.3, 0.4) is 0 Å². The number of carbonyl (C=O) groups is 1. The lowest BCUT2D eigenvalue weighted by Crippen LogP contribution is -2.05. The Bertz CT molecular complexity index is 836. The van der Waals surface area contributed by atoms with Gasteiger partial charge in [-0.1, -0.05) is 48.5 Å². The highest BCUT2D eigenvalue weighted by Gasteiger charge is 2.20. The number of fused-ring (bicyclic) bond motifs is 1. The first kappa shape index (κ1) is 16.8. The molecule has 0 radical (unpaired) electrons. The lowest BCUT2D eigenvalue weighted by Gasteiger charge is -2.08. The predicted molar refractivity (Wildman–Crippen MR) is 104 cm³/mol. The van der Waals surface area contributed by atoms with Gasteiger partial charge in [0.05, 0.1) is 5.56 Å². The smallest absolute Gasteiger partial charge is 0.195 e. The van der Waals surface area contributed by atoms with Gasteiger partial charge in [0, 0.05) is 28.7 Å². The van der Waals surface area contributed by atoms with E-state index in [-0.39, 0.29) is 5.78 Å². The van der Waals surface area contributed by atoms with Gasteiger partial charge in [0.1, 0.15) is 0 Å². The molecule has 1 aromatic heterocycles. The van der Waals surface area contributed by atoms with Crippen LogP contribution in [0, 0.1) is 6.92 Å². The molecule has 0 saturated carbocycles. The summed E-state index contributed by atoms with van der Waals surface area (Å²) in [6, 6.07) is 17.8. The number of carbonyl (C=O) groups excluding carboxylic acids is 1. The maximum Gasteiger partial charge on any atom is 0.195 e. The molecule has 0 fully saturated rings. The van der Waals surface area contributed by atoms with Crippen LogP contribution in [0.5, 0.6) is 0 Å². The molecule has 2 nitrogen and oxygen atoms in total. The van der Waals surface area contributed by atoms with Crippen LogP contribution in [0.4, 0.5) is 0 Å². The van der Waals surface area contributed by atoms with E-state index in [0.717, 1.165) is 35.2 Å². The molecule has 124 valence electrons. The first-order valence-electron chi connectivity index (χ1n) is 8.40. The van der Waals surface area contributed by atoms with Crippen molar-refractivity contribution in [2.45, 2.75) is 26.3 Å². The molecule has 3 heteroatoms. The number of hydrogen-bond acceptors (Lipinski definition) is 2. The van der Waals surface area contributed by atoms with E-state index in [0.29, 0.717) is 0 Å². The van der Waals surface area contributed by atoms with Gasteiger partial charge in [0.2, 0.25) is 0 Å². The monoisotopic (exact) mass is 337 g/mol. The van der Waals surface area contributed by atoms with Crippen molar-refractivity contribution in [1.82, 2.24) is 4.57 Å². The number of aryl methyl sites for hydroxylation is 1. The summed E-state index contributed by atoms with van der Waals surface area (Å²) < 4.78 is 2.31. The van der Waals surface area contributed by atoms with Crippen molar-refractivity contribution in [3.8, 4) is 0 Å². The van der Waals surface area contributed by atoms with Gasteiger partial charge in [-0.05, 0) is 37.8 Å². The average Bonchev–Trinajstić information content (AvgIpc) is 2.90.